The maximum atomic E-state index is 12.0. The van der Waals surface area contributed by atoms with Gasteiger partial charge in [0.05, 0.1) is 13.0 Å². The van der Waals surface area contributed by atoms with Gasteiger partial charge in [-0.25, -0.2) is 4.98 Å². The number of carbonyl (C=O) groups is 1. The Labute approximate surface area is 114 Å². The van der Waals surface area contributed by atoms with Crippen molar-refractivity contribution in [1.82, 2.24) is 14.9 Å². The Balaban J connectivity index is 1.95. The van der Waals surface area contributed by atoms with Gasteiger partial charge < -0.3 is 9.88 Å². The summed E-state index contributed by atoms with van der Waals surface area (Å²) in [6.07, 6.45) is 3.83. The van der Waals surface area contributed by atoms with Gasteiger partial charge in [-0.3, -0.25) is 4.79 Å². The van der Waals surface area contributed by atoms with Crippen LogP contribution in [0.3, 0.4) is 0 Å². The van der Waals surface area contributed by atoms with Crippen molar-refractivity contribution in [3.8, 4) is 0 Å². The number of rotatable bonds is 4. The van der Waals surface area contributed by atoms with Crippen molar-refractivity contribution in [2.75, 3.05) is 7.05 Å². The highest BCUT2D eigenvalue weighted by Crippen LogP contribution is 2.12. The van der Waals surface area contributed by atoms with Gasteiger partial charge in [-0.05, 0) is 17.7 Å². The number of H-pyrrole nitrogens is 1. The molecule has 5 heteroatoms. The van der Waals surface area contributed by atoms with Crippen LogP contribution in [-0.2, 0) is 17.8 Å². The van der Waals surface area contributed by atoms with Crippen molar-refractivity contribution in [3.63, 3.8) is 0 Å². The predicted octanol–water partition coefficient (Wildman–Crippen LogP) is 2.37. The molecule has 0 fully saturated rings. The van der Waals surface area contributed by atoms with Crippen molar-refractivity contribution >= 4 is 21.8 Å². The normalized spacial score (nSPS) is 10.3. The molecular weight excluding hydrogens is 294 g/mol. The van der Waals surface area contributed by atoms with E-state index in [2.05, 4.69) is 25.9 Å². The first-order valence-corrected chi connectivity index (χ1v) is 6.41. The summed E-state index contributed by atoms with van der Waals surface area (Å²) in [6.45, 7) is 0.500. The highest BCUT2D eigenvalue weighted by Gasteiger charge is 2.11. The van der Waals surface area contributed by atoms with Crippen LogP contribution in [0, 0.1) is 0 Å². The summed E-state index contributed by atoms with van der Waals surface area (Å²) in [7, 11) is 1.78. The van der Waals surface area contributed by atoms with Crippen LogP contribution >= 0.6 is 15.9 Å². The average Bonchev–Trinajstić information content (AvgIpc) is 2.81. The van der Waals surface area contributed by atoms with Gasteiger partial charge in [-0.1, -0.05) is 28.1 Å². The van der Waals surface area contributed by atoms with Crippen molar-refractivity contribution in [2.45, 2.75) is 13.0 Å². The Kier molecular flexibility index (Phi) is 4.15. The molecule has 18 heavy (non-hydrogen) atoms. The average molecular weight is 308 g/mol. The molecule has 0 atom stereocenters. The minimum Gasteiger partial charge on any atom is -0.347 e. The summed E-state index contributed by atoms with van der Waals surface area (Å²) in [5.74, 6) is 0.865. The molecule has 0 radical (unpaired) electrons. The third kappa shape index (κ3) is 3.43. The molecule has 0 aliphatic rings. The SMILES string of the molecule is CN(Cc1ncc[nH]1)C(=O)Cc1cccc(Br)c1. The van der Waals surface area contributed by atoms with E-state index in [1.165, 1.54) is 0 Å². The third-order valence-electron chi connectivity index (χ3n) is 2.61. The zero-order valence-corrected chi connectivity index (χ0v) is 11.6. The molecule has 0 bridgehead atoms. The van der Waals surface area contributed by atoms with Crippen molar-refractivity contribution in [1.29, 1.82) is 0 Å². The number of amides is 1. The van der Waals surface area contributed by atoms with E-state index in [0.717, 1.165) is 15.9 Å². The largest absolute Gasteiger partial charge is 0.347 e. The first-order valence-electron chi connectivity index (χ1n) is 5.62. The maximum Gasteiger partial charge on any atom is 0.227 e. The zero-order chi connectivity index (χ0) is 13.0. The summed E-state index contributed by atoms with van der Waals surface area (Å²) >= 11 is 3.40. The second-order valence-electron chi connectivity index (χ2n) is 4.09. The lowest BCUT2D eigenvalue weighted by atomic mass is 10.1. The molecule has 0 spiro atoms. The highest BCUT2D eigenvalue weighted by molar-refractivity contribution is 9.10. The van der Waals surface area contributed by atoms with Gasteiger partial charge in [0, 0.05) is 23.9 Å². The number of benzene rings is 1. The monoisotopic (exact) mass is 307 g/mol. The topological polar surface area (TPSA) is 49.0 Å². The first-order chi connectivity index (χ1) is 8.65. The number of halogens is 1. The molecule has 94 valence electrons. The van der Waals surface area contributed by atoms with Crippen molar-refractivity contribution in [3.05, 3.63) is 52.5 Å². The maximum absolute atomic E-state index is 12.0. The van der Waals surface area contributed by atoms with E-state index in [-0.39, 0.29) is 5.91 Å². The van der Waals surface area contributed by atoms with Crippen LogP contribution in [-0.4, -0.2) is 27.8 Å². The number of likely N-dealkylation sites (N-methyl/N-ethyl adjacent to an activating group) is 1. The minimum absolute atomic E-state index is 0.0736. The Morgan fingerprint density at radius 1 is 1.50 bits per heavy atom. The zero-order valence-electron chi connectivity index (χ0n) is 10.1. The van der Waals surface area contributed by atoms with E-state index >= 15 is 0 Å². The lowest BCUT2D eigenvalue weighted by Gasteiger charge is -2.15. The number of nitrogens with one attached hydrogen (secondary N) is 1. The van der Waals surface area contributed by atoms with Crippen LogP contribution in [0.2, 0.25) is 0 Å². The molecule has 2 rings (SSSR count). The molecule has 1 aromatic carbocycles. The van der Waals surface area contributed by atoms with Crippen LogP contribution < -0.4 is 0 Å². The smallest absolute Gasteiger partial charge is 0.227 e. The van der Waals surface area contributed by atoms with Gasteiger partial charge in [-0.15, -0.1) is 0 Å². The van der Waals surface area contributed by atoms with Crippen molar-refractivity contribution < 1.29 is 4.79 Å². The molecule has 0 saturated heterocycles. The quantitative estimate of drug-likeness (QED) is 0.943. The van der Waals surface area contributed by atoms with E-state index in [0.29, 0.717) is 13.0 Å². The lowest BCUT2D eigenvalue weighted by molar-refractivity contribution is -0.129. The number of hydrogen-bond acceptors (Lipinski definition) is 2. The summed E-state index contributed by atoms with van der Waals surface area (Å²) in [4.78, 5) is 20.8. The molecule has 1 aromatic heterocycles. The Morgan fingerprint density at radius 3 is 3.00 bits per heavy atom. The van der Waals surface area contributed by atoms with Crippen LogP contribution in [0.25, 0.3) is 0 Å². The molecule has 1 N–H and O–H groups in total. The van der Waals surface area contributed by atoms with Gasteiger partial charge in [0.25, 0.3) is 0 Å². The number of carbonyl (C=O) groups excluding carboxylic acids is 1. The van der Waals surface area contributed by atoms with Crippen LogP contribution in [0.5, 0.6) is 0 Å². The molecule has 1 amide bonds. The molecule has 0 aliphatic heterocycles. The van der Waals surface area contributed by atoms with Crippen molar-refractivity contribution in [2.24, 2.45) is 0 Å². The lowest BCUT2D eigenvalue weighted by Crippen LogP contribution is -2.28. The van der Waals surface area contributed by atoms with E-state index in [1.807, 2.05) is 24.3 Å². The highest BCUT2D eigenvalue weighted by atomic mass is 79.9. The third-order valence-corrected chi connectivity index (χ3v) is 3.11. The summed E-state index contributed by atoms with van der Waals surface area (Å²) in [6, 6.07) is 7.78. The Hall–Kier alpha value is -1.62. The minimum atomic E-state index is 0.0736. The number of aromatic nitrogens is 2. The van der Waals surface area contributed by atoms with E-state index in [4.69, 9.17) is 0 Å². The van der Waals surface area contributed by atoms with Crippen LogP contribution in [0.1, 0.15) is 11.4 Å². The fraction of sp³-hybridized carbons (Fsp3) is 0.231. The summed E-state index contributed by atoms with van der Waals surface area (Å²) < 4.78 is 0.987. The van der Waals surface area contributed by atoms with Crippen LogP contribution in [0.4, 0.5) is 0 Å². The molecular formula is C13H14BrN3O. The fourth-order valence-electron chi connectivity index (χ4n) is 1.65. The molecule has 1 heterocycles. The van der Waals surface area contributed by atoms with Gasteiger partial charge in [-0.2, -0.15) is 0 Å². The second kappa shape index (κ2) is 5.82. The Morgan fingerprint density at radius 2 is 2.33 bits per heavy atom. The summed E-state index contributed by atoms with van der Waals surface area (Å²) in [5.41, 5.74) is 1.00. The predicted molar refractivity (Wildman–Crippen MR) is 72.9 cm³/mol. The van der Waals surface area contributed by atoms with Gasteiger partial charge >= 0.3 is 0 Å². The number of aromatic amines is 1. The molecule has 0 aliphatic carbocycles. The molecule has 2 aromatic rings. The molecule has 0 saturated carbocycles. The molecule has 4 nitrogen and oxygen atoms in total. The van der Waals surface area contributed by atoms with Gasteiger partial charge in [0.2, 0.25) is 5.91 Å². The fourth-order valence-corrected chi connectivity index (χ4v) is 2.10. The molecule has 0 unspecified atom stereocenters. The number of hydrogen-bond donors (Lipinski definition) is 1. The van der Waals surface area contributed by atoms with E-state index in [1.54, 1.807) is 24.3 Å². The van der Waals surface area contributed by atoms with E-state index in [9.17, 15) is 4.79 Å². The summed E-state index contributed by atoms with van der Waals surface area (Å²) in [5, 5.41) is 0. The second-order valence-corrected chi connectivity index (χ2v) is 5.01. The number of nitrogens with zero attached hydrogens (tertiary/aromatic N) is 2. The number of imidazole rings is 1. The standard InChI is InChI=1S/C13H14BrN3O/c1-17(9-12-15-5-6-16-12)13(18)8-10-3-2-4-11(14)7-10/h2-7H,8-9H2,1H3,(H,15,16). The van der Waals surface area contributed by atoms with Gasteiger partial charge in [0.15, 0.2) is 0 Å². The first kappa shape index (κ1) is 12.8. The van der Waals surface area contributed by atoms with Crippen LogP contribution in [0.15, 0.2) is 41.1 Å². The van der Waals surface area contributed by atoms with Gasteiger partial charge in [0.1, 0.15) is 5.82 Å². The Bertz CT molecular complexity index is 525. The van der Waals surface area contributed by atoms with E-state index < -0.39 is 0 Å².